The van der Waals surface area contributed by atoms with Crippen molar-refractivity contribution in [1.82, 2.24) is 20.6 Å². The number of hydrogen-bond donors (Lipinski definition) is 4. The fraction of sp³-hybridized carbons (Fsp3) is 0.304. The first-order chi connectivity index (χ1) is 14.7. The van der Waals surface area contributed by atoms with E-state index in [0.29, 0.717) is 22.8 Å². The summed E-state index contributed by atoms with van der Waals surface area (Å²) in [5, 5.41) is 14.3. The lowest BCUT2D eigenvalue weighted by molar-refractivity contribution is 0.545. The lowest BCUT2D eigenvalue weighted by Gasteiger charge is -2.16. The lowest BCUT2D eigenvalue weighted by atomic mass is 9.98. The Morgan fingerprint density at radius 3 is 2.90 bits per heavy atom. The van der Waals surface area contributed by atoms with Gasteiger partial charge in [0.15, 0.2) is 5.82 Å². The maximum absolute atomic E-state index is 6.36. The Labute approximate surface area is 181 Å². The summed E-state index contributed by atoms with van der Waals surface area (Å²) in [5.74, 6) is 1.11. The van der Waals surface area contributed by atoms with Gasteiger partial charge in [-0.25, -0.2) is 4.98 Å². The predicted octanol–water partition coefficient (Wildman–Crippen LogP) is 4.17. The second kappa shape index (κ2) is 8.60. The first-order valence-electron chi connectivity index (χ1n) is 10.4. The van der Waals surface area contributed by atoms with E-state index in [9.17, 15) is 0 Å². The molecule has 2 aromatic carbocycles. The highest BCUT2D eigenvalue weighted by Crippen LogP contribution is 2.28. The molecular formula is C23H25ClN6. The summed E-state index contributed by atoms with van der Waals surface area (Å²) in [7, 11) is 0. The normalized spacial score (nSPS) is 17.8. The van der Waals surface area contributed by atoms with Crippen LogP contribution in [0.4, 0.5) is 23.1 Å². The van der Waals surface area contributed by atoms with E-state index >= 15 is 0 Å². The topological polar surface area (TPSA) is 73.9 Å². The van der Waals surface area contributed by atoms with Crippen LogP contribution in [0.1, 0.15) is 23.1 Å². The van der Waals surface area contributed by atoms with E-state index in [2.05, 4.69) is 67.6 Å². The molecule has 1 saturated heterocycles. The van der Waals surface area contributed by atoms with Crippen molar-refractivity contribution < 1.29 is 0 Å². The Morgan fingerprint density at radius 1 is 1.07 bits per heavy atom. The van der Waals surface area contributed by atoms with Crippen molar-refractivity contribution in [3.05, 3.63) is 70.4 Å². The number of aromatic nitrogens is 2. The van der Waals surface area contributed by atoms with Gasteiger partial charge in [-0.15, -0.1) is 0 Å². The number of nitrogens with one attached hydrogen (secondary N) is 4. The molecule has 1 atom stereocenters. The number of hydrogen-bond acceptors (Lipinski definition) is 6. The van der Waals surface area contributed by atoms with Gasteiger partial charge < -0.3 is 21.3 Å². The number of nitrogens with zero attached hydrogens (tertiary/aromatic N) is 2. The Hall–Kier alpha value is -2.67. The van der Waals surface area contributed by atoms with Gasteiger partial charge in [0.05, 0.1) is 6.20 Å². The zero-order valence-electron chi connectivity index (χ0n) is 16.7. The van der Waals surface area contributed by atoms with Crippen LogP contribution in [0.15, 0.2) is 48.7 Å². The molecule has 0 amide bonds. The highest BCUT2D eigenvalue weighted by atomic mass is 35.5. The fourth-order valence-corrected chi connectivity index (χ4v) is 4.19. The van der Waals surface area contributed by atoms with E-state index in [-0.39, 0.29) is 0 Å². The van der Waals surface area contributed by atoms with Crippen LogP contribution in [0.5, 0.6) is 0 Å². The molecule has 1 fully saturated rings. The van der Waals surface area contributed by atoms with Crippen LogP contribution in [0.25, 0.3) is 0 Å². The van der Waals surface area contributed by atoms with Gasteiger partial charge >= 0.3 is 0 Å². The largest absolute Gasteiger partial charge is 0.339 e. The molecule has 30 heavy (non-hydrogen) atoms. The van der Waals surface area contributed by atoms with Gasteiger partial charge in [-0.2, -0.15) is 4.98 Å². The molecule has 3 aromatic rings. The van der Waals surface area contributed by atoms with Crippen LogP contribution in [0.2, 0.25) is 5.02 Å². The van der Waals surface area contributed by atoms with Gasteiger partial charge in [-0.05, 0) is 66.8 Å². The van der Waals surface area contributed by atoms with Crippen molar-refractivity contribution in [1.29, 1.82) is 0 Å². The summed E-state index contributed by atoms with van der Waals surface area (Å²) in [6, 6.07) is 15.5. The molecule has 2 aliphatic rings. The van der Waals surface area contributed by atoms with Crippen LogP contribution < -0.4 is 21.3 Å². The smallest absolute Gasteiger partial charge is 0.229 e. The summed E-state index contributed by atoms with van der Waals surface area (Å²) in [6.45, 7) is 3.02. The maximum Gasteiger partial charge on any atom is 0.229 e. The van der Waals surface area contributed by atoms with Crippen LogP contribution in [-0.4, -0.2) is 29.1 Å². The molecule has 154 valence electrons. The number of benzene rings is 2. The standard InChI is InChI=1S/C23H25ClN6/c24-21-14-27-23-29-18-3-1-2-15(10-18)4-5-16-11-19(28-22(21)30-23)7-6-17(16)12-26-20-8-9-25-13-20/h1-3,6-7,10-11,14,20,25-26H,4-5,8-9,12-13H2,(H2,27,28,29,30)/t20-/m0/s1. The summed E-state index contributed by atoms with van der Waals surface area (Å²) in [5.41, 5.74) is 5.91. The van der Waals surface area contributed by atoms with E-state index < -0.39 is 0 Å². The second-order valence-corrected chi connectivity index (χ2v) is 8.30. The third-order valence-electron chi connectivity index (χ3n) is 5.72. The summed E-state index contributed by atoms with van der Waals surface area (Å²) < 4.78 is 0. The van der Waals surface area contributed by atoms with Crippen molar-refractivity contribution in [3.63, 3.8) is 0 Å². The molecule has 7 heteroatoms. The lowest BCUT2D eigenvalue weighted by Crippen LogP contribution is -2.30. The average Bonchev–Trinajstić information content (AvgIpc) is 3.27. The van der Waals surface area contributed by atoms with E-state index in [1.165, 1.54) is 23.1 Å². The van der Waals surface area contributed by atoms with Gasteiger partial charge in [0.25, 0.3) is 0 Å². The van der Waals surface area contributed by atoms with Crippen molar-refractivity contribution in [2.24, 2.45) is 0 Å². The first-order valence-corrected chi connectivity index (χ1v) is 10.8. The van der Waals surface area contributed by atoms with Crippen molar-refractivity contribution in [3.8, 4) is 0 Å². The van der Waals surface area contributed by atoms with Crippen LogP contribution in [0, 0.1) is 0 Å². The first kappa shape index (κ1) is 19.3. The Morgan fingerprint density at radius 2 is 2.00 bits per heavy atom. The third-order valence-corrected chi connectivity index (χ3v) is 6.00. The highest BCUT2D eigenvalue weighted by Gasteiger charge is 2.15. The van der Waals surface area contributed by atoms with Gasteiger partial charge in [-0.1, -0.05) is 29.8 Å². The van der Waals surface area contributed by atoms with Gasteiger partial charge in [-0.3, -0.25) is 0 Å². The second-order valence-electron chi connectivity index (χ2n) is 7.89. The van der Waals surface area contributed by atoms with Crippen molar-refractivity contribution in [2.45, 2.75) is 31.8 Å². The molecule has 2 aliphatic heterocycles. The molecule has 3 heterocycles. The van der Waals surface area contributed by atoms with Crippen LogP contribution in [0.3, 0.4) is 0 Å². The molecule has 4 N–H and O–H groups in total. The molecule has 6 nitrogen and oxygen atoms in total. The maximum atomic E-state index is 6.36. The van der Waals surface area contributed by atoms with Gasteiger partial charge in [0.1, 0.15) is 5.02 Å². The highest BCUT2D eigenvalue weighted by molar-refractivity contribution is 6.32. The summed E-state index contributed by atoms with van der Waals surface area (Å²) in [6.07, 6.45) is 4.74. The molecular weight excluding hydrogens is 396 g/mol. The molecule has 0 saturated carbocycles. The van der Waals surface area contributed by atoms with Crippen molar-refractivity contribution >= 4 is 34.7 Å². The van der Waals surface area contributed by atoms with Crippen LogP contribution >= 0.6 is 11.6 Å². The average molecular weight is 421 g/mol. The number of fused-ring (bicyclic) bond motifs is 6. The number of halogens is 1. The Bertz CT molecular complexity index is 1050. The molecule has 1 aromatic heterocycles. The van der Waals surface area contributed by atoms with Gasteiger partial charge in [0, 0.05) is 30.5 Å². The van der Waals surface area contributed by atoms with E-state index in [1.54, 1.807) is 6.20 Å². The number of rotatable bonds is 3. The minimum Gasteiger partial charge on any atom is -0.339 e. The molecule has 6 bridgehead atoms. The monoisotopic (exact) mass is 420 g/mol. The fourth-order valence-electron chi connectivity index (χ4n) is 4.06. The number of aryl methyl sites for hydroxylation is 2. The number of anilines is 4. The molecule has 0 unspecified atom stereocenters. The Kier molecular flexibility index (Phi) is 5.53. The predicted molar refractivity (Wildman–Crippen MR) is 122 cm³/mol. The van der Waals surface area contributed by atoms with E-state index in [1.807, 2.05) is 6.07 Å². The Balaban J connectivity index is 1.49. The zero-order chi connectivity index (χ0) is 20.3. The molecule has 0 radical (unpaired) electrons. The molecule has 0 aliphatic carbocycles. The summed E-state index contributed by atoms with van der Waals surface area (Å²) in [4.78, 5) is 8.88. The van der Waals surface area contributed by atoms with E-state index in [0.717, 1.165) is 43.9 Å². The molecule has 0 spiro atoms. The SMILES string of the molecule is Clc1cnc2nc1Nc1ccc(CN[C@H]3CCNC3)c(c1)CCc1cccc(c1)N2. The quantitative estimate of drug-likeness (QED) is 0.509. The summed E-state index contributed by atoms with van der Waals surface area (Å²) >= 11 is 6.36. The minimum absolute atomic E-state index is 0.491. The van der Waals surface area contributed by atoms with Crippen molar-refractivity contribution in [2.75, 3.05) is 23.7 Å². The third kappa shape index (κ3) is 4.41. The zero-order valence-corrected chi connectivity index (χ0v) is 17.5. The minimum atomic E-state index is 0.491. The molecule has 5 rings (SSSR count). The van der Waals surface area contributed by atoms with E-state index in [4.69, 9.17) is 11.6 Å². The van der Waals surface area contributed by atoms with Crippen LogP contribution in [-0.2, 0) is 19.4 Å². The van der Waals surface area contributed by atoms with Gasteiger partial charge in [0.2, 0.25) is 5.95 Å².